The molecule has 4 aromatic rings. The Labute approximate surface area is 160 Å². The van der Waals surface area contributed by atoms with Gasteiger partial charge in [0, 0.05) is 23.5 Å². The monoisotopic (exact) mass is 369 g/mol. The van der Waals surface area contributed by atoms with Crippen molar-refractivity contribution in [3.05, 3.63) is 84.7 Å². The highest BCUT2D eigenvalue weighted by Gasteiger charge is 2.18. The van der Waals surface area contributed by atoms with E-state index < -0.39 is 5.91 Å². The molecule has 7 nitrogen and oxygen atoms in total. The highest BCUT2D eigenvalue weighted by atomic mass is 16.3. The first kappa shape index (κ1) is 17.3. The van der Waals surface area contributed by atoms with Gasteiger partial charge in [-0.2, -0.15) is 0 Å². The van der Waals surface area contributed by atoms with Gasteiger partial charge in [-0.05, 0) is 29.7 Å². The van der Waals surface area contributed by atoms with E-state index in [9.17, 15) is 9.90 Å². The molecule has 0 unspecified atom stereocenters. The van der Waals surface area contributed by atoms with Gasteiger partial charge in [0.15, 0.2) is 5.75 Å². The average molecular weight is 369 g/mol. The van der Waals surface area contributed by atoms with Crippen LogP contribution in [0.5, 0.6) is 5.75 Å². The predicted octanol–water partition coefficient (Wildman–Crippen LogP) is 5.00. The molecule has 0 radical (unpaired) electrons. The number of nitrogens with zero attached hydrogens (tertiary/aromatic N) is 4. The van der Waals surface area contributed by atoms with Crippen molar-refractivity contribution in [2.24, 2.45) is 10.2 Å². The Morgan fingerprint density at radius 2 is 1.61 bits per heavy atom. The summed E-state index contributed by atoms with van der Waals surface area (Å²) < 4.78 is 0. The maximum Gasteiger partial charge on any atom is 0.268 e. The number of benzene rings is 3. The van der Waals surface area contributed by atoms with Crippen LogP contribution < -0.4 is 5.32 Å². The molecular weight excluding hydrogens is 354 g/mol. The number of carbonyl (C=O) groups is 1. The fourth-order valence-electron chi connectivity index (χ4n) is 2.75. The van der Waals surface area contributed by atoms with E-state index in [1.807, 2.05) is 36.4 Å². The average Bonchev–Trinajstić information content (AvgIpc) is 2.74. The van der Waals surface area contributed by atoms with Crippen LogP contribution in [0.15, 0.2) is 89.4 Å². The SMILES string of the molecule is O=C(Nc1ccccc1)c1cc2ccccc2c(N=Nc2ncccn2)c1O. The molecule has 0 aliphatic rings. The van der Waals surface area contributed by atoms with E-state index in [4.69, 9.17) is 0 Å². The number of aromatic hydroxyl groups is 1. The molecule has 4 rings (SSSR count). The fraction of sp³-hybridized carbons (Fsp3) is 0. The molecule has 0 saturated carbocycles. The van der Waals surface area contributed by atoms with Crippen molar-refractivity contribution in [2.75, 3.05) is 5.32 Å². The highest BCUT2D eigenvalue weighted by Crippen LogP contribution is 2.39. The lowest BCUT2D eigenvalue weighted by molar-refractivity contribution is 0.102. The van der Waals surface area contributed by atoms with Crippen LogP contribution in [-0.4, -0.2) is 21.0 Å². The zero-order valence-corrected chi connectivity index (χ0v) is 14.6. The Hall–Kier alpha value is -4.13. The van der Waals surface area contributed by atoms with Crippen molar-refractivity contribution < 1.29 is 9.90 Å². The van der Waals surface area contributed by atoms with E-state index in [1.165, 1.54) is 0 Å². The van der Waals surface area contributed by atoms with Crippen molar-refractivity contribution in [1.29, 1.82) is 0 Å². The van der Waals surface area contributed by atoms with Crippen LogP contribution in [0.1, 0.15) is 10.4 Å². The van der Waals surface area contributed by atoms with Gasteiger partial charge >= 0.3 is 0 Å². The summed E-state index contributed by atoms with van der Waals surface area (Å²) >= 11 is 0. The number of nitrogens with one attached hydrogen (secondary N) is 1. The quantitative estimate of drug-likeness (QED) is 0.494. The Morgan fingerprint density at radius 3 is 2.39 bits per heavy atom. The molecule has 28 heavy (non-hydrogen) atoms. The van der Waals surface area contributed by atoms with Crippen LogP contribution in [0.3, 0.4) is 0 Å². The lowest BCUT2D eigenvalue weighted by Crippen LogP contribution is -2.12. The predicted molar refractivity (Wildman–Crippen MR) is 106 cm³/mol. The van der Waals surface area contributed by atoms with E-state index in [2.05, 4.69) is 25.5 Å². The number of fused-ring (bicyclic) bond motifs is 1. The van der Waals surface area contributed by atoms with Crippen molar-refractivity contribution in [1.82, 2.24) is 9.97 Å². The van der Waals surface area contributed by atoms with E-state index in [1.54, 1.807) is 42.7 Å². The van der Waals surface area contributed by atoms with E-state index in [0.717, 1.165) is 5.39 Å². The van der Waals surface area contributed by atoms with Crippen molar-refractivity contribution >= 4 is 34.0 Å². The standard InChI is InChI=1S/C21H15N5O2/c27-19-17(20(28)24-15-8-2-1-3-9-15)13-14-7-4-5-10-16(14)18(19)25-26-21-22-11-6-12-23-21/h1-13,27H,(H,24,28). The molecule has 1 aromatic heterocycles. The number of phenolic OH excluding ortho intramolecular Hbond substituents is 1. The number of rotatable bonds is 4. The third-order valence-corrected chi connectivity index (χ3v) is 4.06. The van der Waals surface area contributed by atoms with E-state index in [-0.39, 0.29) is 22.9 Å². The van der Waals surface area contributed by atoms with Crippen LogP contribution in [0.4, 0.5) is 17.3 Å². The molecular formula is C21H15N5O2. The third kappa shape index (κ3) is 3.54. The second kappa shape index (κ2) is 7.63. The number of hydrogen-bond donors (Lipinski definition) is 2. The molecule has 1 amide bonds. The summed E-state index contributed by atoms with van der Waals surface area (Å²) in [7, 11) is 0. The number of anilines is 1. The van der Waals surface area contributed by atoms with Gasteiger partial charge in [0.25, 0.3) is 11.9 Å². The summed E-state index contributed by atoms with van der Waals surface area (Å²) in [5.41, 5.74) is 0.912. The van der Waals surface area contributed by atoms with Crippen LogP contribution in [0.2, 0.25) is 0 Å². The first-order chi connectivity index (χ1) is 13.7. The highest BCUT2D eigenvalue weighted by molar-refractivity contribution is 6.11. The molecule has 3 aromatic carbocycles. The topological polar surface area (TPSA) is 99.8 Å². The van der Waals surface area contributed by atoms with Gasteiger partial charge in [0.2, 0.25) is 0 Å². The second-order valence-corrected chi connectivity index (χ2v) is 5.91. The molecule has 1 heterocycles. The van der Waals surface area contributed by atoms with Crippen LogP contribution in [0.25, 0.3) is 10.8 Å². The molecule has 0 bridgehead atoms. The maximum absolute atomic E-state index is 12.7. The third-order valence-electron chi connectivity index (χ3n) is 4.06. The van der Waals surface area contributed by atoms with Crippen LogP contribution in [0, 0.1) is 0 Å². The Bertz CT molecular complexity index is 1160. The lowest BCUT2D eigenvalue weighted by Gasteiger charge is -2.11. The number of phenols is 1. The summed E-state index contributed by atoms with van der Waals surface area (Å²) in [5.74, 6) is -0.543. The minimum absolute atomic E-state index is 0.102. The number of aromatic nitrogens is 2. The van der Waals surface area contributed by atoms with Gasteiger partial charge in [0.05, 0.1) is 5.56 Å². The summed E-state index contributed by atoms with van der Waals surface area (Å²) in [6.45, 7) is 0. The van der Waals surface area contributed by atoms with E-state index in [0.29, 0.717) is 11.1 Å². The number of amides is 1. The smallest absolute Gasteiger partial charge is 0.268 e. The van der Waals surface area contributed by atoms with Crippen molar-refractivity contribution in [3.8, 4) is 5.75 Å². The lowest BCUT2D eigenvalue weighted by atomic mass is 10.0. The minimum atomic E-state index is -0.443. The number of azo groups is 1. The van der Waals surface area contributed by atoms with Crippen LogP contribution in [-0.2, 0) is 0 Å². The molecule has 136 valence electrons. The maximum atomic E-state index is 12.7. The summed E-state index contributed by atoms with van der Waals surface area (Å²) in [6, 6.07) is 19.6. The number of para-hydroxylation sites is 1. The first-order valence-electron chi connectivity index (χ1n) is 8.52. The zero-order chi connectivity index (χ0) is 19.3. The molecule has 0 saturated heterocycles. The fourth-order valence-corrected chi connectivity index (χ4v) is 2.75. The van der Waals surface area contributed by atoms with Gasteiger partial charge in [0.1, 0.15) is 5.69 Å². The Kier molecular flexibility index (Phi) is 4.71. The van der Waals surface area contributed by atoms with Crippen molar-refractivity contribution in [3.63, 3.8) is 0 Å². The van der Waals surface area contributed by atoms with E-state index >= 15 is 0 Å². The number of hydrogen-bond acceptors (Lipinski definition) is 6. The molecule has 0 spiro atoms. The van der Waals surface area contributed by atoms with Gasteiger partial charge in [-0.25, -0.2) is 9.97 Å². The molecule has 0 aliphatic carbocycles. The summed E-state index contributed by atoms with van der Waals surface area (Å²) in [6.07, 6.45) is 3.09. The molecule has 0 atom stereocenters. The molecule has 0 fully saturated rings. The minimum Gasteiger partial charge on any atom is -0.505 e. The first-order valence-corrected chi connectivity index (χ1v) is 8.52. The molecule has 2 N–H and O–H groups in total. The van der Waals surface area contributed by atoms with Crippen molar-refractivity contribution in [2.45, 2.75) is 0 Å². The molecule has 0 aliphatic heterocycles. The summed E-state index contributed by atoms with van der Waals surface area (Å²) in [5, 5.41) is 23.0. The van der Waals surface area contributed by atoms with Gasteiger partial charge in [-0.15, -0.1) is 10.2 Å². The van der Waals surface area contributed by atoms with Gasteiger partial charge < -0.3 is 10.4 Å². The van der Waals surface area contributed by atoms with Crippen LogP contribution >= 0.6 is 0 Å². The second-order valence-electron chi connectivity index (χ2n) is 5.91. The summed E-state index contributed by atoms with van der Waals surface area (Å²) in [4.78, 5) is 20.7. The molecule has 7 heteroatoms. The Morgan fingerprint density at radius 1 is 0.893 bits per heavy atom. The normalized spacial score (nSPS) is 11.0. The Balaban J connectivity index is 1.79. The largest absolute Gasteiger partial charge is 0.505 e. The van der Waals surface area contributed by atoms with Gasteiger partial charge in [-0.3, -0.25) is 4.79 Å². The zero-order valence-electron chi connectivity index (χ0n) is 14.6. The van der Waals surface area contributed by atoms with Gasteiger partial charge in [-0.1, -0.05) is 42.5 Å². The number of carbonyl (C=O) groups excluding carboxylic acids is 1.